The molecule has 0 N–H and O–H groups in total. The van der Waals surface area contributed by atoms with Crippen LogP contribution in [0.2, 0.25) is 0 Å². The summed E-state index contributed by atoms with van der Waals surface area (Å²) in [6, 6.07) is 0. The second-order valence-electron chi connectivity index (χ2n) is 1.93. The topological polar surface area (TPSA) is 18.5 Å². The Balaban J connectivity index is 4.16. The number of hydrogen-bond acceptors (Lipinski definition) is 3. The summed E-state index contributed by atoms with van der Waals surface area (Å²) in [5.41, 5.74) is 0. The lowest BCUT2D eigenvalue weighted by Gasteiger charge is -2.03. The first-order valence-corrected chi connectivity index (χ1v) is 4.78. The number of hydrogen-bond donors (Lipinski definition) is 0. The van der Waals surface area contributed by atoms with Gasteiger partial charge in [-0.2, -0.15) is 0 Å². The predicted molar refractivity (Wildman–Crippen MR) is 52.9 cm³/mol. The van der Waals surface area contributed by atoms with Crippen LogP contribution in [0.3, 0.4) is 0 Å². The number of rotatable bonds is 3. The lowest BCUT2D eigenvalue weighted by molar-refractivity contribution is -0.0595. The normalized spacial score (nSPS) is 11.2. The van der Waals surface area contributed by atoms with Gasteiger partial charge >= 0.3 is 0 Å². The van der Waals surface area contributed by atoms with Gasteiger partial charge in [0.05, 0.1) is 4.91 Å². The summed E-state index contributed by atoms with van der Waals surface area (Å²) in [6.45, 7) is 1.95. The lowest BCUT2D eigenvalue weighted by atomic mass is 10.5. The van der Waals surface area contributed by atoms with Crippen molar-refractivity contribution < 1.29 is 9.47 Å². The monoisotopic (exact) mass is 186 g/mol. The summed E-state index contributed by atoms with van der Waals surface area (Å²) in [5.74, 6) is 5.78. The van der Waals surface area contributed by atoms with Crippen LogP contribution in [0.1, 0.15) is 6.92 Å². The molecular weight excluding hydrogens is 172 g/mol. The molecule has 68 valence electrons. The fourth-order valence-corrected chi connectivity index (χ4v) is 0.982. The number of allylic oxidation sites excluding steroid dienone is 2. The summed E-state index contributed by atoms with van der Waals surface area (Å²) >= 11 is 1.61. The molecule has 0 bridgehead atoms. The minimum absolute atomic E-state index is 0.424. The molecule has 0 spiro atoms. The van der Waals surface area contributed by atoms with E-state index in [1.807, 2.05) is 19.3 Å². The van der Waals surface area contributed by atoms with Crippen LogP contribution in [0.4, 0.5) is 0 Å². The number of ether oxygens (including phenoxy) is 2. The second kappa shape index (κ2) is 7.23. The summed E-state index contributed by atoms with van der Waals surface area (Å²) < 4.78 is 9.81. The zero-order chi connectivity index (χ0) is 9.40. The van der Waals surface area contributed by atoms with Crippen LogP contribution in [0.25, 0.3) is 0 Å². The van der Waals surface area contributed by atoms with E-state index in [1.54, 1.807) is 26.0 Å². The van der Waals surface area contributed by atoms with E-state index in [0.717, 1.165) is 4.91 Å². The average molecular weight is 186 g/mol. The van der Waals surface area contributed by atoms with Crippen LogP contribution < -0.4 is 0 Å². The number of thioether (sulfide) groups is 1. The molecule has 0 unspecified atom stereocenters. The predicted octanol–water partition coefficient (Wildman–Crippen LogP) is 1.88. The summed E-state index contributed by atoms with van der Waals surface area (Å²) in [4.78, 5) is 1.02. The molecule has 2 nitrogen and oxygen atoms in total. The van der Waals surface area contributed by atoms with Gasteiger partial charge in [0.1, 0.15) is 0 Å². The van der Waals surface area contributed by atoms with Gasteiger partial charge in [0.2, 0.25) is 6.29 Å². The smallest absolute Gasteiger partial charge is 0.222 e. The third-order valence-corrected chi connectivity index (χ3v) is 2.00. The van der Waals surface area contributed by atoms with E-state index in [0.29, 0.717) is 0 Å². The Bertz CT molecular complexity index is 196. The first-order chi connectivity index (χ1) is 5.78. The van der Waals surface area contributed by atoms with Crippen molar-refractivity contribution in [1.29, 1.82) is 0 Å². The van der Waals surface area contributed by atoms with Crippen molar-refractivity contribution in [3.8, 4) is 11.8 Å². The van der Waals surface area contributed by atoms with Gasteiger partial charge in [-0.25, -0.2) is 0 Å². The van der Waals surface area contributed by atoms with E-state index in [9.17, 15) is 0 Å². The van der Waals surface area contributed by atoms with Gasteiger partial charge in [-0.3, -0.25) is 0 Å². The molecule has 0 aromatic heterocycles. The van der Waals surface area contributed by atoms with Gasteiger partial charge in [0.25, 0.3) is 0 Å². The molecule has 0 saturated carbocycles. The van der Waals surface area contributed by atoms with Crippen molar-refractivity contribution in [2.45, 2.75) is 13.2 Å². The maximum atomic E-state index is 4.91. The summed E-state index contributed by atoms with van der Waals surface area (Å²) in [7, 11) is 3.13. The molecule has 0 saturated heterocycles. The van der Waals surface area contributed by atoms with E-state index in [-0.39, 0.29) is 0 Å². The van der Waals surface area contributed by atoms with E-state index in [2.05, 4.69) is 11.8 Å². The van der Waals surface area contributed by atoms with Crippen molar-refractivity contribution in [2.24, 2.45) is 0 Å². The molecule has 0 aromatic carbocycles. The van der Waals surface area contributed by atoms with Crippen molar-refractivity contribution in [3.63, 3.8) is 0 Å². The maximum absolute atomic E-state index is 4.91. The van der Waals surface area contributed by atoms with E-state index < -0.39 is 6.29 Å². The minimum Gasteiger partial charge on any atom is -0.345 e. The zero-order valence-corrected chi connectivity index (χ0v) is 8.70. The van der Waals surface area contributed by atoms with Gasteiger partial charge in [0.15, 0.2) is 0 Å². The Morgan fingerprint density at radius 2 is 2.00 bits per heavy atom. The van der Waals surface area contributed by atoms with Gasteiger partial charge in [-0.15, -0.1) is 11.8 Å². The standard InChI is InChI=1S/C9H14O2S/c1-5-8(12-4)6-7-9(10-2)11-3/h5,9H,1-4H3/b8-5-. The Morgan fingerprint density at radius 1 is 1.42 bits per heavy atom. The average Bonchev–Trinajstić information content (AvgIpc) is 2.13. The van der Waals surface area contributed by atoms with E-state index in [1.165, 1.54) is 0 Å². The molecule has 0 aromatic rings. The van der Waals surface area contributed by atoms with Crippen molar-refractivity contribution >= 4 is 11.8 Å². The van der Waals surface area contributed by atoms with Gasteiger partial charge < -0.3 is 9.47 Å². The highest BCUT2D eigenvalue weighted by molar-refractivity contribution is 8.02. The van der Waals surface area contributed by atoms with E-state index >= 15 is 0 Å². The van der Waals surface area contributed by atoms with Gasteiger partial charge in [0, 0.05) is 14.2 Å². The van der Waals surface area contributed by atoms with Crippen LogP contribution in [-0.4, -0.2) is 26.8 Å². The number of methoxy groups -OCH3 is 2. The van der Waals surface area contributed by atoms with Crippen LogP contribution in [0.15, 0.2) is 11.0 Å². The largest absolute Gasteiger partial charge is 0.345 e. The van der Waals surface area contributed by atoms with Crippen molar-refractivity contribution in [3.05, 3.63) is 11.0 Å². The van der Waals surface area contributed by atoms with Crippen LogP contribution >= 0.6 is 11.8 Å². The van der Waals surface area contributed by atoms with Gasteiger partial charge in [-0.1, -0.05) is 12.0 Å². The van der Waals surface area contributed by atoms with Crippen molar-refractivity contribution in [2.75, 3.05) is 20.5 Å². The zero-order valence-electron chi connectivity index (χ0n) is 7.88. The molecule has 0 atom stereocenters. The highest BCUT2D eigenvalue weighted by Gasteiger charge is 1.96. The molecular formula is C9H14O2S. The first kappa shape index (κ1) is 11.6. The highest BCUT2D eigenvalue weighted by atomic mass is 32.2. The lowest BCUT2D eigenvalue weighted by Crippen LogP contribution is -2.09. The Hall–Kier alpha value is -0.430. The van der Waals surface area contributed by atoms with Crippen molar-refractivity contribution in [1.82, 2.24) is 0 Å². The molecule has 0 aliphatic heterocycles. The molecule has 0 heterocycles. The summed E-state index contributed by atoms with van der Waals surface area (Å²) in [5, 5.41) is 0. The van der Waals surface area contributed by atoms with Crippen LogP contribution in [0, 0.1) is 11.8 Å². The Labute approximate surface area is 78.3 Å². The van der Waals surface area contributed by atoms with Crippen LogP contribution in [0.5, 0.6) is 0 Å². The first-order valence-electron chi connectivity index (χ1n) is 3.55. The van der Waals surface area contributed by atoms with Gasteiger partial charge in [-0.05, 0) is 19.1 Å². The van der Waals surface area contributed by atoms with E-state index in [4.69, 9.17) is 9.47 Å². The molecule has 3 heteroatoms. The molecule has 0 aliphatic rings. The second-order valence-corrected chi connectivity index (χ2v) is 2.78. The molecule has 0 aliphatic carbocycles. The fourth-order valence-electron chi connectivity index (χ4n) is 0.585. The highest BCUT2D eigenvalue weighted by Crippen LogP contribution is 2.08. The SMILES string of the molecule is C/C=C(/C#CC(OC)OC)SC. The minimum atomic E-state index is -0.424. The maximum Gasteiger partial charge on any atom is 0.222 e. The Kier molecular flexibility index (Phi) is 6.97. The molecule has 0 radical (unpaired) electrons. The third-order valence-electron chi connectivity index (χ3n) is 1.22. The molecule has 0 fully saturated rings. The molecule has 0 amide bonds. The quantitative estimate of drug-likeness (QED) is 0.495. The third kappa shape index (κ3) is 4.45. The fraction of sp³-hybridized carbons (Fsp3) is 0.556. The molecule has 12 heavy (non-hydrogen) atoms. The summed E-state index contributed by atoms with van der Waals surface area (Å²) in [6.07, 6.45) is 3.52. The Morgan fingerprint density at radius 3 is 2.33 bits per heavy atom. The van der Waals surface area contributed by atoms with Crippen LogP contribution in [-0.2, 0) is 9.47 Å². The molecule has 0 rings (SSSR count).